The van der Waals surface area contributed by atoms with Crippen LogP contribution in [-0.4, -0.2) is 20.7 Å². The second kappa shape index (κ2) is 9.05. The second-order valence-corrected chi connectivity index (χ2v) is 9.55. The number of benzene rings is 2. The first-order valence-electron chi connectivity index (χ1n) is 11.7. The Morgan fingerprint density at radius 1 is 1.11 bits per heavy atom. The van der Waals surface area contributed by atoms with Gasteiger partial charge in [0.2, 0.25) is 0 Å². The summed E-state index contributed by atoms with van der Waals surface area (Å²) in [4.78, 5) is 29.4. The van der Waals surface area contributed by atoms with E-state index in [4.69, 9.17) is 26.5 Å². The monoisotopic (exact) mass is 516 g/mol. The van der Waals surface area contributed by atoms with Gasteiger partial charge in [0.05, 0.1) is 16.6 Å². The molecule has 0 fully saturated rings. The lowest BCUT2D eigenvalue weighted by Crippen LogP contribution is -2.17. The van der Waals surface area contributed by atoms with Gasteiger partial charge in [-0.15, -0.1) is 0 Å². The quantitative estimate of drug-likeness (QED) is 0.306. The molecule has 0 bridgehead atoms. The fraction of sp³-hybridized carbons (Fsp3) is 0.214. The molecule has 37 heavy (non-hydrogen) atoms. The average molecular weight is 517 g/mol. The maximum atomic E-state index is 13.5. The fourth-order valence-corrected chi connectivity index (χ4v) is 4.82. The predicted octanol–water partition coefficient (Wildman–Crippen LogP) is 5.56. The van der Waals surface area contributed by atoms with E-state index in [1.54, 1.807) is 26.0 Å². The van der Waals surface area contributed by atoms with Crippen LogP contribution in [0.2, 0.25) is 5.15 Å². The molecule has 0 aliphatic carbocycles. The van der Waals surface area contributed by atoms with Gasteiger partial charge in [-0.1, -0.05) is 11.6 Å². The van der Waals surface area contributed by atoms with Crippen LogP contribution in [0, 0.1) is 20.8 Å². The van der Waals surface area contributed by atoms with Crippen molar-refractivity contribution in [3.8, 4) is 17.1 Å². The molecule has 8 nitrogen and oxygen atoms in total. The van der Waals surface area contributed by atoms with Crippen molar-refractivity contribution in [1.82, 2.24) is 14.8 Å². The number of halogens is 1. The third kappa shape index (κ3) is 4.23. The molecule has 0 radical (unpaired) electrons. The third-order valence-electron chi connectivity index (χ3n) is 6.49. The van der Waals surface area contributed by atoms with E-state index in [9.17, 15) is 9.59 Å². The Morgan fingerprint density at radius 2 is 1.86 bits per heavy atom. The molecule has 0 unspecified atom stereocenters. The van der Waals surface area contributed by atoms with Crippen LogP contribution >= 0.6 is 11.6 Å². The van der Waals surface area contributed by atoms with Crippen LogP contribution in [0.15, 0.2) is 51.7 Å². The molecule has 1 atom stereocenters. The highest BCUT2D eigenvalue weighted by Crippen LogP contribution is 2.34. The molecular formula is C28H25ClN4O4. The summed E-state index contributed by atoms with van der Waals surface area (Å²) in [7, 11) is 1.90. The van der Waals surface area contributed by atoms with Crippen molar-refractivity contribution in [3.63, 3.8) is 0 Å². The van der Waals surface area contributed by atoms with Crippen LogP contribution < -0.4 is 15.9 Å². The van der Waals surface area contributed by atoms with Gasteiger partial charge in [0, 0.05) is 29.1 Å². The van der Waals surface area contributed by atoms with Gasteiger partial charge in [0.25, 0.3) is 5.91 Å². The van der Waals surface area contributed by atoms with Gasteiger partial charge < -0.3 is 14.9 Å². The Hall–Kier alpha value is -4.17. The number of rotatable bonds is 5. The zero-order valence-corrected chi connectivity index (χ0v) is 21.8. The van der Waals surface area contributed by atoms with E-state index in [0.717, 1.165) is 27.7 Å². The fourth-order valence-electron chi connectivity index (χ4n) is 4.68. The SMILES string of the molecule is Cc1cc([C@@H](C)Oc2ccc(Cl)nc2C(N)=O)c2oc(-c3ccc4c(c3)c(C)nn4C)c(C)c(=O)c2c1. The van der Waals surface area contributed by atoms with Gasteiger partial charge >= 0.3 is 0 Å². The molecule has 3 heterocycles. The van der Waals surface area contributed by atoms with Gasteiger partial charge in [-0.2, -0.15) is 5.10 Å². The minimum absolute atomic E-state index is 0.0746. The lowest BCUT2D eigenvalue weighted by molar-refractivity contribution is 0.0988. The standard InChI is InChI=1S/C28H25ClN4O4/c1-13-10-19(16(4)36-22-8-9-23(29)31-24(22)28(30)35)27-20(11-13)25(34)14(2)26(37-27)17-6-7-21-18(12-17)15(3)32-33(21)5/h6-12,16H,1-5H3,(H2,30,35)/t16-/m1/s1. The van der Waals surface area contributed by atoms with Crippen molar-refractivity contribution in [2.24, 2.45) is 12.8 Å². The van der Waals surface area contributed by atoms with Crippen LogP contribution in [0.1, 0.15) is 45.9 Å². The minimum Gasteiger partial charge on any atom is -0.483 e. The summed E-state index contributed by atoms with van der Waals surface area (Å²) >= 11 is 5.94. The predicted molar refractivity (Wildman–Crippen MR) is 143 cm³/mol. The molecule has 5 aromatic rings. The van der Waals surface area contributed by atoms with E-state index in [-0.39, 0.29) is 22.0 Å². The number of nitrogens with two attached hydrogens (primary N) is 1. The molecule has 0 saturated carbocycles. The number of nitrogens with zero attached hydrogens (tertiary/aromatic N) is 3. The topological polar surface area (TPSA) is 113 Å². The molecule has 1 amide bonds. The Balaban J connectivity index is 1.68. The molecule has 2 N–H and O–H groups in total. The average Bonchev–Trinajstić information content (AvgIpc) is 3.14. The number of pyridine rings is 1. The second-order valence-electron chi connectivity index (χ2n) is 9.16. The Kier molecular flexibility index (Phi) is 6.00. The number of aryl methyl sites for hydroxylation is 3. The lowest BCUT2D eigenvalue weighted by Gasteiger charge is -2.19. The molecule has 2 aromatic carbocycles. The third-order valence-corrected chi connectivity index (χ3v) is 6.70. The van der Waals surface area contributed by atoms with Crippen LogP contribution in [-0.2, 0) is 7.05 Å². The van der Waals surface area contributed by atoms with Crippen molar-refractivity contribution in [2.75, 3.05) is 0 Å². The van der Waals surface area contributed by atoms with Crippen molar-refractivity contribution >= 4 is 39.4 Å². The largest absolute Gasteiger partial charge is 0.483 e. The van der Waals surface area contributed by atoms with E-state index >= 15 is 0 Å². The molecule has 0 spiro atoms. The highest BCUT2D eigenvalue weighted by molar-refractivity contribution is 6.29. The molecule has 188 valence electrons. The molecule has 0 saturated heterocycles. The molecule has 5 rings (SSSR count). The van der Waals surface area contributed by atoms with E-state index < -0.39 is 12.0 Å². The number of ether oxygens (including phenoxy) is 1. The Bertz CT molecular complexity index is 1790. The van der Waals surface area contributed by atoms with Gasteiger partial charge in [-0.05, 0) is 75.7 Å². The van der Waals surface area contributed by atoms with Crippen molar-refractivity contribution < 1.29 is 13.9 Å². The van der Waals surface area contributed by atoms with Gasteiger partial charge in [0.15, 0.2) is 16.9 Å². The van der Waals surface area contributed by atoms with E-state index in [1.165, 1.54) is 6.07 Å². The number of fused-ring (bicyclic) bond motifs is 2. The number of carbonyl (C=O) groups excluding carboxylic acids is 1. The van der Waals surface area contributed by atoms with Crippen molar-refractivity contribution in [3.05, 3.63) is 85.9 Å². The Morgan fingerprint density at radius 3 is 2.59 bits per heavy atom. The van der Waals surface area contributed by atoms with Gasteiger partial charge in [-0.3, -0.25) is 14.3 Å². The molecule has 0 aliphatic heterocycles. The summed E-state index contributed by atoms with van der Waals surface area (Å²) in [6.07, 6.45) is -0.606. The summed E-state index contributed by atoms with van der Waals surface area (Å²) in [5.41, 5.74) is 10.4. The van der Waals surface area contributed by atoms with Crippen molar-refractivity contribution in [2.45, 2.75) is 33.8 Å². The zero-order chi connectivity index (χ0) is 26.6. The number of hydrogen-bond donors (Lipinski definition) is 1. The smallest absolute Gasteiger partial charge is 0.271 e. The van der Waals surface area contributed by atoms with E-state index in [1.807, 2.05) is 49.8 Å². The maximum Gasteiger partial charge on any atom is 0.271 e. The lowest BCUT2D eigenvalue weighted by atomic mass is 9.99. The van der Waals surface area contributed by atoms with E-state index in [2.05, 4.69) is 10.1 Å². The van der Waals surface area contributed by atoms with Crippen LogP contribution in [0.3, 0.4) is 0 Å². The molecule has 3 aromatic heterocycles. The normalized spacial score (nSPS) is 12.3. The summed E-state index contributed by atoms with van der Waals surface area (Å²) < 4.78 is 14.4. The van der Waals surface area contributed by atoms with Crippen LogP contribution in [0.4, 0.5) is 0 Å². The van der Waals surface area contributed by atoms with Gasteiger partial charge in [0.1, 0.15) is 22.6 Å². The minimum atomic E-state index is -0.760. The van der Waals surface area contributed by atoms with Crippen molar-refractivity contribution in [1.29, 1.82) is 0 Å². The summed E-state index contributed by atoms with van der Waals surface area (Å²) in [6, 6.07) is 12.6. The first kappa shape index (κ1) is 24.5. The van der Waals surface area contributed by atoms with Gasteiger partial charge in [-0.25, -0.2) is 4.98 Å². The number of carbonyl (C=O) groups is 1. The first-order chi connectivity index (χ1) is 17.5. The molecular weight excluding hydrogens is 492 g/mol. The first-order valence-corrected chi connectivity index (χ1v) is 12.1. The zero-order valence-electron chi connectivity index (χ0n) is 21.0. The molecule has 9 heteroatoms. The number of hydrogen-bond acceptors (Lipinski definition) is 6. The van der Waals surface area contributed by atoms with Crippen LogP contribution in [0.5, 0.6) is 5.75 Å². The highest BCUT2D eigenvalue weighted by Gasteiger charge is 2.22. The summed E-state index contributed by atoms with van der Waals surface area (Å²) in [5, 5.41) is 6.05. The summed E-state index contributed by atoms with van der Waals surface area (Å²) in [5.74, 6) is -0.0958. The number of aromatic nitrogens is 3. The molecule has 0 aliphatic rings. The highest BCUT2D eigenvalue weighted by atomic mass is 35.5. The summed E-state index contributed by atoms with van der Waals surface area (Å²) in [6.45, 7) is 7.41. The Labute approximate surface area is 217 Å². The maximum absolute atomic E-state index is 13.5. The number of primary amides is 1. The van der Waals surface area contributed by atoms with E-state index in [0.29, 0.717) is 27.9 Å². The number of amides is 1. The van der Waals surface area contributed by atoms with Crippen LogP contribution in [0.25, 0.3) is 33.2 Å².